The number of esters is 1. The molecule has 1 aromatic carbocycles. The van der Waals surface area contributed by atoms with E-state index in [9.17, 15) is 4.79 Å². The average molecular weight is 291 g/mol. The van der Waals surface area contributed by atoms with Gasteiger partial charge >= 0.3 is 5.97 Å². The molecule has 1 aliphatic rings. The van der Waals surface area contributed by atoms with Crippen molar-refractivity contribution < 1.29 is 14.3 Å². The van der Waals surface area contributed by atoms with Gasteiger partial charge in [-0.2, -0.15) is 0 Å². The highest BCUT2D eigenvalue weighted by atomic mass is 16.5. The zero-order chi connectivity index (χ0) is 15.2. The number of rotatable bonds is 5. The quantitative estimate of drug-likeness (QED) is 0.847. The average Bonchev–Trinajstić information content (AvgIpc) is 2.48. The number of carbonyl (C=O) groups excluding carboxylic acids is 1. The fraction of sp³-hybridized carbons (Fsp3) is 0.588. The van der Waals surface area contributed by atoms with Gasteiger partial charge in [0.1, 0.15) is 11.8 Å². The van der Waals surface area contributed by atoms with Crippen LogP contribution in [-0.4, -0.2) is 25.2 Å². The van der Waals surface area contributed by atoms with E-state index in [0.29, 0.717) is 12.5 Å². The summed E-state index contributed by atoms with van der Waals surface area (Å²) in [5.74, 6) is 1.26. The minimum absolute atomic E-state index is 0.330. The van der Waals surface area contributed by atoms with E-state index in [1.54, 1.807) is 0 Å². The van der Waals surface area contributed by atoms with Crippen LogP contribution in [0.4, 0.5) is 0 Å². The van der Waals surface area contributed by atoms with Crippen LogP contribution in [0.1, 0.15) is 38.2 Å². The fourth-order valence-electron chi connectivity index (χ4n) is 2.87. The summed E-state index contributed by atoms with van der Waals surface area (Å²) < 4.78 is 10.7. The third-order valence-electron chi connectivity index (χ3n) is 4.07. The predicted molar refractivity (Wildman–Crippen MR) is 82.2 cm³/mol. The van der Waals surface area contributed by atoms with Gasteiger partial charge in [-0.25, -0.2) is 0 Å². The van der Waals surface area contributed by atoms with Crippen molar-refractivity contribution >= 4 is 5.97 Å². The molecule has 4 heteroatoms. The van der Waals surface area contributed by atoms with E-state index >= 15 is 0 Å². The van der Waals surface area contributed by atoms with Crippen LogP contribution < -0.4 is 10.5 Å². The lowest BCUT2D eigenvalue weighted by Crippen LogP contribution is -2.33. The Balaban J connectivity index is 1.88. The van der Waals surface area contributed by atoms with Gasteiger partial charge in [0.15, 0.2) is 0 Å². The Morgan fingerprint density at radius 1 is 1.33 bits per heavy atom. The van der Waals surface area contributed by atoms with E-state index in [2.05, 4.69) is 11.7 Å². The van der Waals surface area contributed by atoms with Crippen molar-refractivity contribution in [2.45, 2.75) is 51.2 Å². The standard InChI is InChI=1S/C17H25NO3/c1-12-4-3-5-15(10-12)21-14-8-6-13(7-9-14)11-16(18)17(19)20-2/h6-9,12,15-16H,3-5,10-11,18H2,1-2H3. The Hall–Kier alpha value is -1.55. The first-order valence-corrected chi connectivity index (χ1v) is 7.67. The van der Waals surface area contributed by atoms with Crippen molar-refractivity contribution in [2.75, 3.05) is 7.11 Å². The summed E-state index contributed by atoms with van der Waals surface area (Å²) in [5, 5.41) is 0. The number of nitrogens with two attached hydrogens (primary N) is 1. The Morgan fingerprint density at radius 2 is 2.05 bits per heavy atom. The molecule has 21 heavy (non-hydrogen) atoms. The molecule has 0 aromatic heterocycles. The summed E-state index contributed by atoms with van der Waals surface area (Å²) in [6, 6.07) is 7.23. The monoisotopic (exact) mass is 291 g/mol. The van der Waals surface area contributed by atoms with Gasteiger partial charge in [0.05, 0.1) is 13.2 Å². The van der Waals surface area contributed by atoms with Crippen molar-refractivity contribution in [3.05, 3.63) is 29.8 Å². The summed E-state index contributed by atoms with van der Waals surface area (Å²) in [4.78, 5) is 11.3. The first kappa shape index (κ1) is 15.8. The molecule has 1 fully saturated rings. The molecule has 1 aromatic rings. The summed E-state index contributed by atoms with van der Waals surface area (Å²) in [7, 11) is 1.35. The molecule has 0 heterocycles. The fourth-order valence-corrected chi connectivity index (χ4v) is 2.87. The lowest BCUT2D eigenvalue weighted by molar-refractivity contribution is -0.142. The smallest absolute Gasteiger partial charge is 0.322 e. The third-order valence-corrected chi connectivity index (χ3v) is 4.07. The number of hydrogen-bond donors (Lipinski definition) is 1. The molecule has 0 bridgehead atoms. The van der Waals surface area contributed by atoms with Gasteiger partial charge in [-0.3, -0.25) is 4.79 Å². The largest absolute Gasteiger partial charge is 0.490 e. The van der Waals surface area contributed by atoms with Crippen LogP contribution in [0.2, 0.25) is 0 Å². The molecule has 4 nitrogen and oxygen atoms in total. The van der Waals surface area contributed by atoms with E-state index < -0.39 is 6.04 Å². The minimum Gasteiger partial charge on any atom is -0.490 e. The van der Waals surface area contributed by atoms with Gasteiger partial charge in [-0.15, -0.1) is 0 Å². The maximum absolute atomic E-state index is 11.3. The molecule has 3 unspecified atom stereocenters. The maximum atomic E-state index is 11.3. The van der Waals surface area contributed by atoms with E-state index in [0.717, 1.165) is 30.1 Å². The second-order valence-corrected chi connectivity index (χ2v) is 5.99. The van der Waals surface area contributed by atoms with Gasteiger partial charge in [0.2, 0.25) is 0 Å². The molecule has 0 saturated heterocycles. The Kier molecular flexibility index (Phi) is 5.62. The molecule has 3 atom stereocenters. The highest BCUT2D eigenvalue weighted by Crippen LogP contribution is 2.27. The summed E-state index contributed by atoms with van der Waals surface area (Å²) in [6.45, 7) is 2.28. The van der Waals surface area contributed by atoms with Crippen LogP contribution in [0, 0.1) is 5.92 Å². The lowest BCUT2D eigenvalue weighted by Gasteiger charge is -2.27. The number of methoxy groups -OCH3 is 1. The van der Waals surface area contributed by atoms with E-state index in [4.69, 9.17) is 10.5 Å². The Bertz CT molecular complexity index is 458. The molecular weight excluding hydrogens is 266 g/mol. The third kappa shape index (κ3) is 4.74. The van der Waals surface area contributed by atoms with E-state index in [1.165, 1.54) is 20.0 Å². The molecule has 1 saturated carbocycles. The first-order chi connectivity index (χ1) is 10.1. The van der Waals surface area contributed by atoms with E-state index in [-0.39, 0.29) is 5.97 Å². The topological polar surface area (TPSA) is 61.5 Å². The number of ether oxygens (including phenoxy) is 2. The Morgan fingerprint density at radius 3 is 2.67 bits per heavy atom. The van der Waals surface area contributed by atoms with Crippen LogP contribution >= 0.6 is 0 Å². The van der Waals surface area contributed by atoms with Gasteiger partial charge in [0, 0.05) is 0 Å². The van der Waals surface area contributed by atoms with Crippen molar-refractivity contribution in [3.8, 4) is 5.75 Å². The summed E-state index contributed by atoms with van der Waals surface area (Å²) >= 11 is 0. The molecule has 1 aliphatic carbocycles. The molecule has 0 amide bonds. The minimum atomic E-state index is -0.610. The van der Waals surface area contributed by atoms with Gasteiger partial charge in [0.25, 0.3) is 0 Å². The van der Waals surface area contributed by atoms with Crippen LogP contribution in [0.3, 0.4) is 0 Å². The molecule has 0 aliphatic heterocycles. The Labute approximate surface area is 126 Å². The van der Waals surface area contributed by atoms with Crippen LogP contribution in [-0.2, 0) is 16.0 Å². The summed E-state index contributed by atoms with van der Waals surface area (Å²) in [6.07, 6.45) is 5.64. The van der Waals surface area contributed by atoms with Gasteiger partial charge in [-0.05, 0) is 49.3 Å². The summed E-state index contributed by atoms with van der Waals surface area (Å²) in [5.41, 5.74) is 6.77. The molecule has 116 valence electrons. The van der Waals surface area contributed by atoms with Crippen molar-refractivity contribution in [1.82, 2.24) is 0 Å². The lowest BCUT2D eigenvalue weighted by atomic mass is 9.89. The normalized spacial score (nSPS) is 23.4. The zero-order valence-corrected chi connectivity index (χ0v) is 12.9. The van der Waals surface area contributed by atoms with Crippen LogP contribution in [0.25, 0.3) is 0 Å². The number of carbonyl (C=O) groups is 1. The second kappa shape index (κ2) is 7.46. The maximum Gasteiger partial charge on any atom is 0.322 e. The zero-order valence-electron chi connectivity index (χ0n) is 12.9. The first-order valence-electron chi connectivity index (χ1n) is 7.67. The molecule has 2 N–H and O–H groups in total. The van der Waals surface area contributed by atoms with Crippen LogP contribution in [0.15, 0.2) is 24.3 Å². The van der Waals surface area contributed by atoms with Crippen LogP contribution in [0.5, 0.6) is 5.75 Å². The predicted octanol–water partition coefficient (Wildman–Crippen LogP) is 2.69. The molecule has 2 rings (SSSR count). The highest BCUT2D eigenvalue weighted by Gasteiger charge is 2.20. The van der Waals surface area contributed by atoms with Crippen molar-refractivity contribution in [2.24, 2.45) is 11.7 Å². The van der Waals surface area contributed by atoms with Crippen molar-refractivity contribution in [3.63, 3.8) is 0 Å². The van der Waals surface area contributed by atoms with Gasteiger partial charge in [-0.1, -0.05) is 25.5 Å². The highest BCUT2D eigenvalue weighted by molar-refractivity contribution is 5.75. The molecule has 0 radical (unpaired) electrons. The second-order valence-electron chi connectivity index (χ2n) is 5.99. The van der Waals surface area contributed by atoms with E-state index in [1.807, 2.05) is 24.3 Å². The molecule has 0 spiro atoms. The number of benzene rings is 1. The van der Waals surface area contributed by atoms with Gasteiger partial charge < -0.3 is 15.2 Å². The van der Waals surface area contributed by atoms with Crippen molar-refractivity contribution in [1.29, 1.82) is 0 Å². The molecular formula is C17H25NO3. The SMILES string of the molecule is COC(=O)C(N)Cc1ccc(OC2CCCC(C)C2)cc1. The number of hydrogen-bond acceptors (Lipinski definition) is 4.